The molecule has 4 rings (SSSR count). The van der Waals surface area contributed by atoms with Crippen LogP contribution in [0.4, 0.5) is 18.9 Å². The molecule has 3 aromatic rings. The van der Waals surface area contributed by atoms with Crippen LogP contribution >= 0.6 is 11.8 Å². The largest absolute Gasteiger partial charge is 0.467 e. The van der Waals surface area contributed by atoms with E-state index in [0.29, 0.717) is 18.1 Å². The lowest BCUT2D eigenvalue weighted by atomic mass is 10.1. The highest BCUT2D eigenvalue weighted by Crippen LogP contribution is 2.31. The Morgan fingerprint density at radius 2 is 1.91 bits per heavy atom. The second-order valence-corrected chi connectivity index (χ2v) is 8.81. The Kier molecular flexibility index (Phi) is 7.41. The number of anilines is 1. The number of nitrogens with one attached hydrogen (secondary N) is 1. The summed E-state index contributed by atoms with van der Waals surface area (Å²) in [6.07, 6.45) is 1.05. The molecular weight excluding hydrogens is 439 g/mol. The van der Waals surface area contributed by atoms with Crippen LogP contribution in [0, 0.1) is 0 Å². The molecule has 0 aliphatic carbocycles. The van der Waals surface area contributed by atoms with Crippen molar-refractivity contribution in [3.63, 3.8) is 0 Å². The Morgan fingerprint density at radius 3 is 2.66 bits per heavy atom. The van der Waals surface area contributed by atoms with Crippen molar-refractivity contribution in [2.24, 2.45) is 0 Å². The first-order valence-electron chi connectivity index (χ1n) is 10.7. The molecule has 1 aliphatic rings. The second-order valence-electron chi connectivity index (χ2n) is 7.75. The molecule has 0 bridgehead atoms. The van der Waals surface area contributed by atoms with E-state index in [1.165, 1.54) is 25.3 Å². The molecule has 0 radical (unpaired) electrons. The summed E-state index contributed by atoms with van der Waals surface area (Å²) in [5.41, 5.74) is -0.305. The molecule has 0 spiro atoms. The molecule has 0 atom stereocenters. The molecule has 6 nitrogen and oxygen atoms in total. The van der Waals surface area contributed by atoms with Crippen LogP contribution in [-0.2, 0) is 19.3 Å². The monoisotopic (exact) mass is 465 g/mol. The maximum Gasteiger partial charge on any atom is 0.416 e. The molecule has 0 amide bonds. The predicted molar refractivity (Wildman–Crippen MR) is 118 cm³/mol. The number of furan rings is 1. The normalized spacial score (nSPS) is 15.2. The van der Waals surface area contributed by atoms with Crippen molar-refractivity contribution in [3.05, 3.63) is 59.8 Å². The average molecular weight is 466 g/mol. The average Bonchev–Trinajstić information content (AvgIpc) is 3.43. The standard InChI is InChI=1S/C22H26F3N5OS/c23-22(24,25)17-6-4-7-18(14-17)26-15-20-27-28-21(30(20)16-19-8-5-12-31-19)32-13-11-29-9-2-1-3-10-29/h4-8,12,14,26H,1-3,9-11,13,15-16H2. The highest BCUT2D eigenvalue weighted by atomic mass is 32.2. The summed E-state index contributed by atoms with van der Waals surface area (Å²) in [5, 5.41) is 12.5. The van der Waals surface area contributed by atoms with Gasteiger partial charge in [0.15, 0.2) is 11.0 Å². The summed E-state index contributed by atoms with van der Waals surface area (Å²) in [6.45, 7) is 4.00. The minimum Gasteiger partial charge on any atom is -0.467 e. The fourth-order valence-corrected chi connectivity index (χ4v) is 4.67. The van der Waals surface area contributed by atoms with Crippen LogP contribution in [0.5, 0.6) is 0 Å². The predicted octanol–water partition coefficient (Wildman–Crippen LogP) is 5.13. The van der Waals surface area contributed by atoms with E-state index in [1.54, 1.807) is 24.1 Å². The van der Waals surface area contributed by atoms with E-state index >= 15 is 0 Å². The Hall–Kier alpha value is -2.46. The zero-order chi connectivity index (χ0) is 22.4. The molecule has 0 unspecified atom stereocenters. The van der Waals surface area contributed by atoms with Crippen LogP contribution in [0.1, 0.15) is 36.4 Å². The van der Waals surface area contributed by atoms with Crippen LogP contribution in [0.3, 0.4) is 0 Å². The number of nitrogens with zero attached hydrogens (tertiary/aromatic N) is 4. The van der Waals surface area contributed by atoms with Crippen molar-refractivity contribution in [3.8, 4) is 0 Å². The zero-order valence-electron chi connectivity index (χ0n) is 17.6. The number of alkyl halides is 3. The summed E-state index contributed by atoms with van der Waals surface area (Å²) in [7, 11) is 0. The molecule has 2 aromatic heterocycles. The smallest absolute Gasteiger partial charge is 0.416 e. The summed E-state index contributed by atoms with van der Waals surface area (Å²) < 4.78 is 46.4. The molecule has 172 valence electrons. The number of rotatable bonds is 9. The number of thioether (sulfide) groups is 1. The fraction of sp³-hybridized carbons (Fsp3) is 0.455. The first-order chi connectivity index (χ1) is 15.5. The quantitative estimate of drug-likeness (QED) is 0.442. The molecule has 3 heterocycles. The van der Waals surface area contributed by atoms with E-state index in [2.05, 4.69) is 20.4 Å². The van der Waals surface area contributed by atoms with Crippen molar-refractivity contribution in [2.45, 2.75) is 43.7 Å². The van der Waals surface area contributed by atoms with Gasteiger partial charge in [-0.1, -0.05) is 24.2 Å². The van der Waals surface area contributed by atoms with E-state index < -0.39 is 11.7 Å². The summed E-state index contributed by atoms with van der Waals surface area (Å²) in [4.78, 5) is 2.47. The molecule has 10 heteroatoms. The third-order valence-corrected chi connectivity index (χ3v) is 6.36. The van der Waals surface area contributed by atoms with Crippen molar-refractivity contribution in [1.82, 2.24) is 19.7 Å². The van der Waals surface area contributed by atoms with Gasteiger partial charge in [-0.25, -0.2) is 0 Å². The van der Waals surface area contributed by atoms with Crippen molar-refractivity contribution in [1.29, 1.82) is 0 Å². The van der Waals surface area contributed by atoms with Crippen LogP contribution in [0.2, 0.25) is 0 Å². The highest BCUT2D eigenvalue weighted by molar-refractivity contribution is 7.99. The molecule has 1 aliphatic heterocycles. The SMILES string of the molecule is FC(F)(F)c1cccc(NCc2nnc(SCCN3CCCCC3)n2Cc2ccco2)c1. The van der Waals surface area contributed by atoms with E-state index in [9.17, 15) is 13.2 Å². The lowest BCUT2D eigenvalue weighted by molar-refractivity contribution is -0.137. The first kappa shape index (κ1) is 22.7. The van der Waals surface area contributed by atoms with Gasteiger partial charge in [-0.3, -0.25) is 4.57 Å². The number of aromatic nitrogens is 3. The van der Waals surface area contributed by atoms with E-state index in [1.807, 2.05) is 16.7 Å². The van der Waals surface area contributed by atoms with E-state index in [0.717, 1.165) is 48.4 Å². The topological polar surface area (TPSA) is 59.1 Å². The number of hydrogen-bond acceptors (Lipinski definition) is 6. The van der Waals surface area contributed by atoms with Crippen LogP contribution < -0.4 is 5.32 Å². The van der Waals surface area contributed by atoms with Crippen molar-refractivity contribution in [2.75, 3.05) is 30.7 Å². The van der Waals surface area contributed by atoms with Crippen molar-refractivity contribution >= 4 is 17.4 Å². The van der Waals surface area contributed by atoms with Crippen molar-refractivity contribution < 1.29 is 17.6 Å². The lowest BCUT2D eigenvalue weighted by Crippen LogP contribution is -2.31. The molecule has 1 saturated heterocycles. The fourth-order valence-electron chi connectivity index (χ4n) is 3.71. The summed E-state index contributed by atoms with van der Waals surface area (Å²) in [5.74, 6) is 2.31. The Bertz CT molecular complexity index is 984. The number of benzene rings is 1. The van der Waals surface area contributed by atoms with Gasteiger partial charge in [0.1, 0.15) is 5.76 Å². The molecule has 1 N–H and O–H groups in total. The van der Waals surface area contributed by atoms with Crippen LogP contribution in [0.15, 0.2) is 52.2 Å². The van der Waals surface area contributed by atoms with Gasteiger partial charge in [-0.2, -0.15) is 13.2 Å². The van der Waals surface area contributed by atoms with Gasteiger partial charge in [-0.15, -0.1) is 10.2 Å². The van der Waals surface area contributed by atoms with Crippen LogP contribution in [-0.4, -0.2) is 45.1 Å². The maximum absolute atomic E-state index is 13.0. The van der Waals surface area contributed by atoms with Gasteiger partial charge in [0, 0.05) is 18.0 Å². The van der Waals surface area contributed by atoms with E-state index in [4.69, 9.17) is 4.42 Å². The number of likely N-dealkylation sites (tertiary alicyclic amines) is 1. The lowest BCUT2D eigenvalue weighted by Gasteiger charge is -2.25. The Labute approximate surface area is 189 Å². The second kappa shape index (κ2) is 10.4. The number of halogens is 3. The maximum atomic E-state index is 13.0. The number of piperidine rings is 1. The highest BCUT2D eigenvalue weighted by Gasteiger charge is 2.30. The summed E-state index contributed by atoms with van der Waals surface area (Å²) in [6, 6.07) is 8.86. The third-order valence-electron chi connectivity index (χ3n) is 5.42. The van der Waals surface area contributed by atoms with Crippen LogP contribution in [0.25, 0.3) is 0 Å². The van der Waals surface area contributed by atoms with Gasteiger partial charge >= 0.3 is 6.18 Å². The molecule has 0 saturated carbocycles. The van der Waals surface area contributed by atoms with E-state index in [-0.39, 0.29) is 6.54 Å². The van der Waals surface area contributed by atoms with Gasteiger partial charge in [0.05, 0.1) is 24.9 Å². The Balaban J connectivity index is 1.43. The first-order valence-corrected chi connectivity index (χ1v) is 11.7. The number of hydrogen-bond donors (Lipinski definition) is 1. The van der Waals surface area contributed by atoms with Gasteiger partial charge in [0.25, 0.3) is 0 Å². The molecular formula is C22H26F3N5OS. The molecule has 1 aromatic carbocycles. The Morgan fingerprint density at radius 1 is 1.06 bits per heavy atom. The van der Waals surface area contributed by atoms with Gasteiger partial charge in [-0.05, 0) is 56.3 Å². The minimum atomic E-state index is -4.38. The minimum absolute atomic E-state index is 0.252. The third kappa shape index (κ3) is 6.07. The summed E-state index contributed by atoms with van der Waals surface area (Å²) >= 11 is 1.64. The molecule has 32 heavy (non-hydrogen) atoms. The molecule has 1 fully saturated rings. The van der Waals surface area contributed by atoms with Gasteiger partial charge < -0.3 is 14.6 Å². The zero-order valence-corrected chi connectivity index (χ0v) is 18.5. The van der Waals surface area contributed by atoms with Gasteiger partial charge in [0.2, 0.25) is 0 Å².